The van der Waals surface area contributed by atoms with Gasteiger partial charge in [-0.05, 0) is 37.1 Å². The second-order valence-corrected chi connectivity index (χ2v) is 5.80. The van der Waals surface area contributed by atoms with Gasteiger partial charge in [0, 0.05) is 25.5 Å². The molecule has 122 valence electrons. The van der Waals surface area contributed by atoms with Crippen molar-refractivity contribution >= 4 is 17.4 Å². The molecule has 4 heterocycles. The summed E-state index contributed by atoms with van der Waals surface area (Å²) in [6.45, 7) is 2.22. The average Bonchev–Trinajstić information content (AvgIpc) is 3.30. The fourth-order valence-corrected chi connectivity index (χ4v) is 3.02. The number of rotatable bonds is 4. The topological polar surface area (TPSA) is 75.4 Å². The number of anilines is 1. The summed E-state index contributed by atoms with van der Waals surface area (Å²) < 4.78 is 1.87. The van der Waals surface area contributed by atoms with Gasteiger partial charge < -0.3 is 10.2 Å². The van der Waals surface area contributed by atoms with Crippen molar-refractivity contribution in [2.45, 2.75) is 19.4 Å². The molecule has 0 aliphatic carbocycles. The highest BCUT2D eigenvalue weighted by Gasteiger charge is 2.20. The van der Waals surface area contributed by atoms with Crippen molar-refractivity contribution in [3.05, 3.63) is 54.1 Å². The molecule has 3 aromatic rings. The van der Waals surface area contributed by atoms with E-state index in [0.29, 0.717) is 17.9 Å². The maximum absolute atomic E-state index is 12.6. The zero-order valence-electron chi connectivity index (χ0n) is 13.2. The van der Waals surface area contributed by atoms with Crippen molar-refractivity contribution < 1.29 is 4.79 Å². The summed E-state index contributed by atoms with van der Waals surface area (Å²) in [5.74, 6) is 1.32. The molecule has 1 fully saturated rings. The van der Waals surface area contributed by atoms with E-state index in [1.165, 1.54) is 0 Å². The molecule has 24 heavy (non-hydrogen) atoms. The van der Waals surface area contributed by atoms with Crippen LogP contribution in [-0.2, 0) is 6.54 Å². The molecule has 0 atom stereocenters. The Morgan fingerprint density at radius 3 is 2.88 bits per heavy atom. The van der Waals surface area contributed by atoms with Crippen LogP contribution in [-0.4, -0.2) is 38.6 Å². The molecule has 0 aromatic carbocycles. The van der Waals surface area contributed by atoms with Crippen LogP contribution in [0.2, 0.25) is 0 Å². The van der Waals surface area contributed by atoms with Crippen molar-refractivity contribution in [2.24, 2.45) is 0 Å². The van der Waals surface area contributed by atoms with Crippen molar-refractivity contribution in [1.82, 2.24) is 24.9 Å². The number of hydrogen-bond acceptors (Lipinski definition) is 5. The van der Waals surface area contributed by atoms with E-state index in [1.807, 2.05) is 34.9 Å². The highest BCUT2D eigenvalue weighted by Crippen LogP contribution is 2.21. The van der Waals surface area contributed by atoms with E-state index in [4.69, 9.17) is 0 Å². The Kier molecular flexibility index (Phi) is 3.82. The quantitative estimate of drug-likeness (QED) is 0.790. The third-order valence-electron chi connectivity index (χ3n) is 4.23. The molecule has 3 aromatic heterocycles. The Morgan fingerprint density at radius 1 is 1.12 bits per heavy atom. The SMILES string of the molecule is O=C(NCc1nnc2ccccn12)c1cccnc1N1CCCC1. The molecule has 1 N–H and O–H groups in total. The van der Waals surface area contributed by atoms with E-state index in [9.17, 15) is 4.79 Å². The normalized spacial score (nSPS) is 14.2. The van der Waals surface area contributed by atoms with Crippen LogP contribution in [0.3, 0.4) is 0 Å². The van der Waals surface area contributed by atoms with Gasteiger partial charge in [0.2, 0.25) is 0 Å². The molecule has 1 amide bonds. The Balaban J connectivity index is 1.52. The van der Waals surface area contributed by atoms with Crippen molar-refractivity contribution in [1.29, 1.82) is 0 Å². The highest BCUT2D eigenvalue weighted by atomic mass is 16.1. The number of carbonyl (C=O) groups is 1. The summed E-state index contributed by atoms with van der Waals surface area (Å²) >= 11 is 0. The summed E-state index contributed by atoms with van der Waals surface area (Å²) in [5, 5.41) is 11.2. The monoisotopic (exact) mass is 322 g/mol. The minimum absolute atomic E-state index is 0.141. The molecule has 1 aliphatic heterocycles. The van der Waals surface area contributed by atoms with Crippen LogP contribution >= 0.6 is 0 Å². The lowest BCUT2D eigenvalue weighted by Crippen LogP contribution is -2.28. The standard InChI is InChI=1S/C17H18N6O/c24-17(13-6-5-8-18-16(13)22-9-3-4-10-22)19-12-15-21-20-14-7-1-2-11-23(14)15/h1-2,5-8,11H,3-4,9-10,12H2,(H,19,24). The van der Waals surface area contributed by atoms with Gasteiger partial charge in [-0.1, -0.05) is 6.07 Å². The lowest BCUT2D eigenvalue weighted by atomic mass is 10.2. The van der Waals surface area contributed by atoms with Gasteiger partial charge in [-0.3, -0.25) is 9.20 Å². The fraction of sp³-hybridized carbons (Fsp3) is 0.294. The van der Waals surface area contributed by atoms with E-state index >= 15 is 0 Å². The summed E-state index contributed by atoms with van der Waals surface area (Å²) in [4.78, 5) is 19.2. The minimum atomic E-state index is -0.141. The van der Waals surface area contributed by atoms with Crippen LogP contribution in [0.15, 0.2) is 42.7 Å². The van der Waals surface area contributed by atoms with E-state index in [0.717, 1.165) is 37.4 Å². The Labute approximate surface area is 139 Å². The summed E-state index contributed by atoms with van der Waals surface area (Å²) in [5.41, 5.74) is 1.37. The molecule has 0 unspecified atom stereocenters. The Hall–Kier alpha value is -2.96. The van der Waals surface area contributed by atoms with E-state index in [1.54, 1.807) is 12.3 Å². The molecule has 0 radical (unpaired) electrons. The second kappa shape index (κ2) is 6.27. The smallest absolute Gasteiger partial charge is 0.255 e. The highest BCUT2D eigenvalue weighted by molar-refractivity contribution is 5.98. The maximum Gasteiger partial charge on any atom is 0.255 e. The molecule has 0 bridgehead atoms. The van der Waals surface area contributed by atoms with Gasteiger partial charge in [-0.25, -0.2) is 4.98 Å². The lowest BCUT2D eigenvalue weighted by molar-refractivity contribution is 0.0950. The van der Waals surface area contributed by atoms with Gasteiger partial charge in [-0.15, -0.1) is 10.2 Å². The van der Waals surface area contributed by atoms with Crippen LogP contribution in [0.25, 0.3) is 5.65 Å². The summed E-state index contributed by atoms with van der Waals surface area (Å²) in [7, 11) is 0. The molecular weight excluding hydrogens is 304 g/mol. The van der Waals surface area contributed by atoms with Gasteiger partial charge in [0.1, 0.15) is 5.82 Å². The number of nitrogens with one attached hydrogen (secondary N) is 1. The first-order valence-corrected chi connectivity index (χ1v) is 8.10. The zero-order chi connectivity index (χ0) is 16.4. The van der Waals surface area contributed by atoms with Gasteiger partial charge in [0.15, 0.2) is 11.5 Å². The first kappa shape index (κ1) is 14.6. The number of carbonyl (C=O) groups excluding carboxylic acids is 1. The predicted octanol–water partition coefficient (Wildman–Crippen LogP) is 1.65. The Morgan fingerprint density at radius 2 is 2.00 bits per heavy atom. The Bertz CT molecular complexity index is 868. The molecule has 7 nitrogen and oxygen atoms in total. The average molecular weight is 322 g/mol. The largest absolute Gasteiger partial charge is 0.356 e. The molecule has 4 rings (SSSR count). The number of amides is 1. The minimum Gasteiger partial charge on any atom is -0.356 e. The van der Waals surface area contributed by atoms with Gasteiger partial charge in [0.25, 0.3) is 5.91 Å². The first-order chi connectivity index (χ1) is 11.8. The first-order valence-electron chi connectivity index (χ1n) is 8.10. The van der Waals surface area contributed by atoms with Gasteiger partial charge in [-0.2, -0.15) is 0 Å². The van der Waals surface area contributed by atoms with Crippen LogP contribution in [0, 0.1) is 0 Å². The summed E-state index contributed by atoms with van der Waals surface area (Å²) in [6.07, 6.45) is 5.90. The number of aromatic nitrogens is 4. The summed E-state index contributed by atoms with van der Waals surface area (Å²) in [6, 6.07) is 9.31. The fourth-order valence-electron chi connectivity index (χ4n) is 3.02. The van der Waals surface area contributed by atoms with Crippen LogP contribution in [0.5, 0.6) is 0 Å². The lowest BCUT2D eigenvalue weighted by Gasteiger charge is -2.19. The van der Waals surface area contributed by atoms with E-state index < -0.39 is 0 Å². The number of fused-ring (bicyclic) bond motifs is 1. The predicted molar refractivity (Wildman–Crippen MR) is 89.8 cm³/mol. The zero-order valence-corrected chi connectivity index (χ0v) is 13.2. The van der Waals surface area contributed by atoms with Gasteiger partial charge >= 0.3 is 0 Å². The van der Waals surface area contributed by atoms with Crippen molar-refractivity contribution in [3.8, 4) is 0 Å². The number of hydrogen-bond donors (Lipinski definition) is 1. The molecule has 0 saturated carbocycles. The van der Waals surface area contributed by atoms with Crippen LogP contribution < -0.4 is 10.2 Å². The second-order valence-electron chi connectivity index (χ2n) is 5.80. The molecule has 7 heteroatoms. The molecular formula is C17H18N6O. The maximum atomic E-state index is 12.6. The number of nitrogens with zero attached hydrogens (tertiary/aromatic N) is 5. The van der Waals surface area contributed by atoms with Crippen LogP contribution in [0.1, 0.15) is 29.0 Å². The van der Waals surface area contributed by atoms with E-state index in [2.05, 4.69) is 25.4 Å². The van der Waals surface area contributed by atoms with Crippen molar-refractivity contribution in [3.63, 3.8) is 0 Å². The molecule has 0 spiro atoms. The third-order valence-corrected chi connectivity index (χ3v) is 4.23. The van der Waals surface area contributed by atoms with Crippen molar-refractivity contribution in [2.75, 3.05) is 18.0 Å². The third kappa shape index (κ3) is 2.68. The molecule has 1 aliphatic rings. The molecule has 1 saturated heterocycles. The van der Waals surface area contributed by atoms with E-state index in [-0.39, 0.29) is 5.91 Å². The van der Waals surface area contributed by atoms with Gasteiger partial charge in [0.05, 0.1) is 12.1 Å². The number of pyridine rings is 2. The van der Waals surface area contributed by atoms with Crippen LogP contribution in [0.4, 0.5) is 5.82 Å².